The van der Waals surface area contributed by atoms with Crippen LogP contribution in [-0.2, 0) is 9.59 Å². The summed E-state index contributed by atoms with van der Waals surface area (Å²) in [5, 5.41) is 6.57. The van der Waals surface area contributed by atoms with E-state index in [9.17, 15) is 14.4 Å². The van der Waals surface area contributed by atoms with Crippen LogP contribution in [0.2, 0.25) is 15.1 Å². The van der Waals surface area contributed by atoms with Crippen LogP contribution >= 0.6 is 46.4 Å². The minimum atomic E-state index is -0.666. The maximum atomic E-state index is 13.0. The Hall–Kier alpha value is -3.03. The highest BCUT2D eigenvalue weighted by molar-refractivity contribution is 6.53. The summed E-state index contributed by atoms with van der Waals surface area (Å²) in [6.07, 6.45) is 0. The molecule has 172 valence electrons. The van der Waals surface area contributed by atoms with E-state index in [0.717, 1.165) is 10.5 Å². The molecule has 2 N–H and O–H groups in total. The lowest BCUT2D eigenvalue weighted by Crippen LogP contribution is -2.32. The van der Waals surface area contributed by atoms with Gasteiger partial charge in [-0.05, 0) is 67.1 Å². The van der Waals surface area contributed by atoms with Crippen LogP contribution in [0, 0.1) is 6.92 Å². The lowest BCUT2D eigenvalue weighted by Gasteiger charge is -2.16. The van der Waals surface area contributed by atoms with Crippen LogP contribution in [0.25, 0.3) is 0 Å². The molecule has 0 unspecified atom stereocenters. The molecule has 0 aromatic heterocycles. The van der Waals surface area contributed by atoms with Gasteiger partial charge in [-0.2, -0.15) is 0 Å². The van der Waals surface area contributed by atoms with E-state index >= 15 is 0 Å². The molecule has 3 amide bonds. The van der Waals surface area contributed by atoms with E-state index in [-0.39, 0.29) is 10.7 Å². The molecule has 0 atom stereocenters. The Balaban J connectivity index is 1.58. The van der Waals surface area contributed by atoms with Gasteiger partial charge in [0.1, 0.15) is 10.7 Å². The van der Waals surface area contributed by atoms with Crippen molar-refractivity contribution < 1.29 is 14.4 Å². The summed E-state index contributed by atoms with van der Waals surface area (Å²) >= 11 is 24.1. The topological polar surface area (TPSA) is 78.5 Å². The number of benzene rings is 3. The molecule has 0 saturated heterocycles. The molecule has 3 aromatic rings. The maximum Gasteiger partial charge on any atom is 0.283 e. The fraction of sp³-hybridized carbons (Fsp3) is 0.0417. The minimum absolute atomic E-state index is 0.0944. The molecular formula is C24H15Cl4N3O3. The highest BCUT2D eigenvalue weighted by atomic mass is 35.5. The van der Waals surface area contributed by atoms with Gasteiger partial charge in [0.2, 0.25) is 0 Å². The molecule has 1 aliphatic rings. The molecule has 1 aliphatic heterocycles. The second-order valence-electron chi connectivity index (χ2n) is 7.34. The molecule has 1 heterocycles. The summed E-state index contributed by atoms with van der Waals surface area (Å²) in [5.41, 5.74) is 2.08. The van der Waals surface area contributed by atoms with Gasteiger partial charge in [0.25, 0.3) is 17.7 Å². The van der Waals surface area contributed by atoms with Crippen molar-refractivity contribution in [3.05, 3.63) is 97.6 Å². The number of nitrogens with zero attached hydrogens (tertiary/aromatic N) is 1. The van der Waals surface area contributed by atoms with Crippen molar-refractivity contribution in [2.24, 2.45) is 0 Å². The van der Waals surface area contributed by atoms with Crippen LogP contribution in [0.4, 0.5) is 17.1 Å². The standard InChI is InChI=1S/C24H15Cl4N3O3/c1-12-2-3-13(22(32)30-18-9-6-15(26)11-17(18)27)10-19(12)29-21-20(28)23(33)31(24(21)34)16-7-4-14(25)5-8-16/h2-11,29H,1H3,(H,30,32). The first-order valence-corrected chi connectivity index (χ1v) is 11.3. The second kappa shape index (κ2) is 9.68. The van der Waals surface area contributed by atoms with Crippen molar-refractivity contribution in [1.82, 2.24) is 0 Å². The molecule has 0 aliphatic carbocycles. The van der Waals surface area contributed by atoms with Crippen LogP contribution in [0.5, 0.6) is 0 Å². The van der Waals surface area contributed by atoms with Crippen molar-refractivity contribution in [1.29, 1.82) is 0 Å². The molecule has 0 radical (unpaired) electrons. The van der Waals surface area contributed by atoms with E-state index in [1.165, 1.54) is 6.07 Å². The third-order valence-corrected chi connectivity index (χ3v) is 6.20. The van der Waals surface area contributed by atoms with Gasteiger partial charge < -0.3 is 10.6 Å². The quantitative estimate of drug-likeness (QED) is 0.359. The number of hydrogen-bond acceptors (Lipinski definition) is 4. The van der Waals surface area contributed by atoms with Gasteiger partial charge in [0.05, 0.1) is 16.4 Å². The Morgan fingerprint density at radius 2 is 1.47 bits per heavy atom. The highest BCUT2D eigenvalue weighted by Crippen LogP contribution is 2.32. The van der Waals surface area contributed by atoms with Crippen molar-refractivity contribution >= 4 is 81.2 Å². The molecule has 0 bridgehead atoms. The van der Waals surface area contributed by atoms with Crippen molar-refractivity contribution in [3.8, 4) is 0 Å². The lowest BCUT2D eigenvalue weighted by atomic mass is 10.1. The minimum Gasteiger partial charge on any atom is -0.349 e. The van der Waals surface area contributed by atoms with Crippen LogP contribution in [0.15, 0.2) is 71.4 Å². The Labute approximate surface area is 215 Å². The molecule has 34 heavy (non-hydrogen) atoms. The fourth-order valence-electron chi connectivity index (χ4n) is 3.25. The Morgan fingerprint density at radius 3 is 2.15 bits per heavy atom. The van der Waals surface area contributed by atoms with E-state index in [1.54, 1.807) is 61.5 Å². The summed E-state index contributed by atoms with van der Waals surface area (Å²) in [5.74, 6) is -1.72. The largest absolute Gasteiger partial charge is 0.349 e. The number of nitrogens with one attached hydrogen (secondary N) is 2. The summed E-state index contributed by atoms with van der Waals surface area (Å²) in [7, 11) is 0. The van der Waals surface area contributed by atoms with Crippen LogP contribution < -0.4 is 15.5 Å². The van der Waals surface area contributed by atoms with Gasteiger partial charge in [-0.15, -0.1) is 0 Å². The number of imide groups is 1. The normalized spacial score (nSPS) is 13.5. The summed E-state index contributed by atoms with van der Waals surface area (Å²) < 4.78 is 0. The van der Waals surface area contributed by atoms with Crippen LogP contribution in [-0.4, -0.2) is 17.7 Å². The number of amides is 3. The lowest BCUT2D eigenvalue weighted by molar-refractivity contribution is -0.120. The van der Waals surface area contributed by atoms with Gasteiger partial charge in [-0.25, -0.2) is 4.90 Å². The molecule has 0 fully saturated rings. The van der Waals surface area contributed by atoms with Gasteiger partial charge in [-0.1, -0.05) is 52.5 Å². The summed E-state index contributed by atoms with van der Waals surface area (Å²) in [6, 6.07) is 15.8. The predicted molar refractivity (Wildman–Crippen MR) is 136 cm³/mol. The molecule has 6 nitrogen and oxygen atoms in total. The number of rotatable bonds is 5. The number of carbonyl (C=O) groups excluding carboxylic acids is 3. The number of halogens is 4. The smallest absolute Gasteiger partial charge is 0.283 e. The van der Waals surface area contributed by atoms with E-state index in [1.807, 2.05) is 0 Å². The molecule has 10 heteroatoms. The predicted octanol–water partition coefficient (Wildman–Crippen LogP) is 6.64. The van der Waals surface area contributed by atoms with E-state index in [2.05, 4.69) is 10.6 Å². The number of aryl methyl sites for hydroxylation is 1. The first-order valence-electron chi connectivity index (χ1n) is 9.84. The zero-order valence-corrected chi connectivity index (χ0v) is 20.5. The van der Waals surface area contributed by atoms with Crippen molar-refractivity contribution in [2.45, 2.75) is 6.92 Å². The summed E-state index contributed by atoms with van der Waals surface area (Å²) in [6.45, 7) is 1.78. The monoisotopic (exact) mass is 533 g/mol. The summed E-state index contributed by atoms with van der Waals surface area (Å²) in [4.78, 5) is 39.4. The number of anilines is 3. The number of carbonyl (C=O) groups is 3. The maximum absolute atomic E-state index is 13.0. The first-order chi connectivity index (χ1) is 16.2. The molecular weight excluding hydrogens is 520 g/mol. The molecule has 0 saturated carbocycles. The average Bonchev–Trinajstić information content (AvgIpc) is 3.01. The van der Waals surface area contributed by atoms with Gasteiger partial charge in [0.15, 0.2) is 0 Å². The zero-order chi connectivity index (χ0) is 24.6. The average molecular weight is 535 g/mol. The molecule has 4 rings (SSSR count). The van der Waals surface area contributed by atoms with E-state index in [0.29, 0.717) is 37.7 Å². The van der Waals surface area contributed by atoms with Crippen molar-refractivity contribution in [3.63, 3.8) is 0 Å². The Morgan fingerprint density at radius 1 is 0.794 bits per heavy atom. The first kappa shape index (κ1) is 24.1. The van der Waals surface area contributed by atoms with Gasteiger partial charge in [0, 0.05) is 21.3 Å². The molecule has 0 spiro atoms. The Kier molecular flexibility index (Phi) is 6.86. The van der Waals surface area contributed by atoms with Crippen molar-refractivity contribution in [2.75, 3.05) is 15.5 Å². The third kappa shape index (κ3) is 4.76. The fourth-order valence-corrected chi connectivity index (χ4v) is 4.05. The number of hydrogen-bond donors (Lipinski definition) is 2. The zero-order valence-electron chi connectivity index (χ0n) is 17.5. The van der Waals surface area contributed by atoms with Crippen LogP contribution in [0.1, 0.15) is 15.9 Å². The SMILES string of the molecule is Cc1ccc(C(=O)Nc2ccc(Cl)cc2Cl)cc1NC1=C(Cl)C(=O)N(c2ccc(Cl)cc2)C1=O. The van der Waals surface area contributed by atoms with E-state index < -0.39 is 17.7 Å². The Bertz CT molecular complexity index is 1370. The van der Waals surface area contributed by atoms with Crippen LogP contribution in [0.3, 0.4) is 0 Å². The highest BCUT2D eigenvalue weighted by Gasteiger charge is 2.39. The van der Waals surface area contributed by atoms with Gasteiger partial charge >= 0.3 is 0 Å². The van der Waals surface area contributed by atoms with E-state index in [4.69, 9.17) is 46.4 Å². The van der Waals surface area contributed by atoms with Gasteiger partial charge in [-0.3, -0.25) is 14.4 Å². The molecule has 3 aromatic carbocycles. The third-order valence-electron chi connectivity index (χ3n) is 5.05. The second-order valence-corrected chi connectivity index (χ2v) is 9.00.